The van der Waals surface area contributed by atoms with Gasteiger partial charge in [-0.05, 0) is 38.3 Å². The van der Waals surface area contributed by atoms with E-state index in [9.17, 15) is 4.79 Å². The van der Waals surface area contributed by atoms with E-state index in [0.717, 1.165) is 30.8 Å². The summed E-state index contributed by atoms with van der Waals surface area (Å²) >= 11 is 0. The van der Waals surface area contributed by atoms with Gasteiger partial charge in [-0.3, -0.25) is 4.79 Å². The number of carbonyl (C=O) groups excluding carboxylic acids is 1. The number of rotatable bonds is 2. The Kier molecular flexibility index (Phi) is 3.61. The number of carbonyl (C=O) groups is 1. The number of hydrogen-bond acceptors (Lipinski definition) is 3. The Bertz CT molecular complexity index is 405. The van der Waals surface area contributed by atoms with Crippen molar-refractivity contribution in [3.05, 3.63) is 23.9 Å². The third-order valence-electron chi connectivity index (χ3n) is 3.33. The molecule has 17 heavy (non-hydrogen) atoms. The number of anilines is 1. The first-order valence-corrected chi connectivity index (χ1v) is 6.17. The van der Waals surface area contributed by atoms with Gasteiger partial charge in [-0.1, -0.05) is 0 Å². The molecule has 1 fully saturated rings. The Labute approximate surface area is 102 Å². The van der Waals surface area contributed by atoms with Crippen LogP contribution in [0, 0.1) is 0 Å². The van der Waals surface area contributed by atoms with Crippen molar-refractivity contribution in [2.24, 2.45) is 0 Å². The largest absolute Gasteiger partial charge is 0.373 e. The number of nitrogens with one attached hydrogen (secondary N) is 1. The molecule has 2 heterocycles. The van der Waals surface area contributed by atoms with Gasteiger partial charge in [0.15, 0.2) is 0 Å². The number of amides is 1. The van der Waals surface area contributed by atoms with Crippen molar-refractivity contribution in [2.75, 3.05) is 18.9 Å². The van der Waals surface area contributed by atoms with Gasteiger partial charge in [0.1, 0.15) is 5.82 Å². The molecule has 0 radical (unpaired) electrons. The standard InChI is InChI=1S/C13H19N3O/c1-10-5-3-4-8-16(10)13(17)11-6-7-15-12(9-11)14-2/h6-7,9-10H,3-5,8H2,1-2H3,(H,14,15). The first-order chi connectivity index (χ1) is 8.22. The summed E-state index contributed by atoms with van der Waals surface area (Å²) in [7, 11) is 1.81. The van der Waals surface area contributed by atoms with E-state index in [1.807, 2.05) is 11.0 Å². The van der Waals surface area contributed by atoms with E-state index in [2.05, 4.69) is 17.2 Å². The highest BCUT2D eigenvalue weighted by atomic mass is 16.2. The van der Waals surface area contributed by atoms with E-state index in [1.165, 1.54) is 6.42 Å². The fraction of sp³-hybridized carbons (Fsp3) is 0.538. The second-order valence-corrected chi connectivity index (χ2v) is 4.52. The molecule has 0 aromatic carbocycles. The van der Waals surface area contributed by atoms with Crippen LogP contribution in [-0.2, 0) is 0 Å². The molecule has 1 atom stereocenters. The molecule has 0 bridgehead atoms. The van der Waals surface area contributed by atoms with Crippen LogP contribution in [0.4, 0.5) is 5.82 Å². The molecule has 0 spiro atoms. The van der Waals surface area contributed by atoms with Gasteiger partial charge in [0, 0.05) is 31.4 Å². The van der Waals surface area contributed by atoms with Crippen LogP contribution in [0.25, 0.3) is 0 Å². The average Bonchev–Trinajstić information content (AvgIpc) is 2.38. The molecular formula is C13H19N3O. The number of piperidine rings is 1. The van der Waals surface area contributed by atoms with Crippen LogP contribution in [0.2, 0.25) is 0 Å². The van der Waals surface area contributed by atoms with Crippen molar-refractivity contribution in [3.8, 4) is 0 Å². The Morgan fingerprint density at radius 3 is 3.06 bits per heavy atom. The molecule has 1 aromatic rings. The monoisotopic (exact) mass is 233 g/mol. The van der Waals surface area contributed by atoms with Crippen LogP contribution in [0.1, 0.15) is 36.5 Å². The van der Waals surface area contributed by atoms with Crippen molar-refractivity contribution < 1.29 is 4.79 Å². The van der Waals surface area contributed by atoms with Crippen LogP contribution in [0.3, 0.4) is 0 Å². The van der Waals surface area contributed by atoms with E-state index in [1.54, 1.807) is 19.3 Å². The Balaban J connectivity index is 2.17. The summed E-state index contributed by atoms with van der Waals surface area (Å²) in [5.41, 5.74) is 0.720. The summed E-state index contributed by atoms with van der Waals surface area (Å²) < 4.78 is 0. The number of hydrogen-bond donors (Lipinski definition) is 1. The van der Waals surface area contributed by atoms with Crippen LogP contribution in [0.5, 0.6) is 0 Å². The summed E-state index contributed by atoms with van der Waals surface area (Å²) in [5, 5.41) is 2.95. The van der Waals surface area contributed by atoms with E-state index in [0.29, 0.717) is 6.04 Å². The number of likely N-dealkylation sites (tertiary alicyclic amines) is 1. The molecule has 92 valence electrons. The lowest BCUT2D eigenvalue weighted by Gasteiger charge is -2.33. The lowest BCUT2D eigenvalue weighted by atomic mass is 10.0. The number of pyridine rings is 1. The second kappa shape index (κ2) is 5.17. The van der Waals surface area contributed by atoms with Crippen molar-refractivity contribution in [1.29, 1.82) is 0 Å². The lowest BCUT2D eigenvalue weighted by molar-refractivity contribution is 0.0635. The summed E-state index contributed by atoms with van der Waals surface area (Å²) in [6, 6.07) is 3.94. The first-order valence-electron chi connectivity index (χ1n) is 6.17. The van der Waals surface area contributed by atoms with Crippen LogP contribution in [-0.4, -0.2) is 35.4 Å². The van der Waals surface area contributed by atoms with Gasteiger partial charge in [0.25, 0.3) is 5.91 Å². The minimum Gasteiger partial charge on any atom is -0.373 e. The van der Waals surface area contributed by atoms with Crippen molar-refractivity contribution in [1.82, 2.24) is 9.88 Å². The third-order valence-corrected chi connectivity index (χ3v) is 3.33. The molecular weight excluding hydrogens is 214 g/mol. The molecule has 4 nitrogen and oxygen atoms in total. The zero-order valence-corrected chi connectivity index (χ0v) is 10.4. The van der Waals surface area contributed by atoms with Crippen LogP contribution >= 0.6 is 0 Å². The summed E-state index contributed by atoms with van der Waals surface area (Å²) in [6.45, 7) is 2.99. The van der Waals surface area contributed by atoms with Gasteiger partial charge >= 0.3 is 0 Å². The normalized spacial score (nSPS) is 20.1. The molecule has 1 aliphatic heterocycles. The molecule has 0 aliphatic carbocycles. The molecule has 1 aromatic heterocycles. The maximum absolute atomic E-state index is 12.3. The fourth-order valence-corrected chi connectivity index (χ4v) is 2.27. The van der Waals surface area contributed by atoms with Crippen LogP contribution in [0.15, 0.2) is 18.3 Å². The minimum atomic E-state index is 0.121. The molecule has 1 aliphatic rings. The highest BCUT2D eigenvalue weighted by Gasteiger charge is 2.24. The first kappa shape index (κ1) is 11.9. The molecule has 1 saturated heterocycles. The van der Waals surface area contributed by atoms with Crippen molar-refractivity contribution in [2.45, 2.75) is 32.2 Å². The SMILES string of the molecule is CNc1cc(C(=O)N2CCCCC2C)ccn1. The van der Waals surface area contributed by atoms with E-state index in [-0.39, 0.29) is 5.91 Å². The Hall–Kier alpha value is -1.58. The molecule has 1 N–H and O–H groups in total. The fourth-order valence-electron chi connectivity index (χ4n) is 2.27. The zero-order valence-electron chi connectivity index (χ0n) is 10.4. The van der Waals surface area contributed by atoms with Gasteiger partial charge in [0.2, 0.25) is 0 Å². The molecule has 0 saturated carbocycles. The molecule has 1 amide bonds. The Morgan fingerprint density at radius 1 is 1.53 bits per heavy atom. The minimum absolute atomic E-state index is 0.121. The van der Waals surface area contributed by atoms with Gasteiger partial charge in [-0.25, -0.2) is 4.98 Å². The van der Waals surface area contributed by atoms with E-state index in [4.69, 9.17) is 0 Å². The average molecular weight is 233 g/mol. The lowest BCUT2D eigenvalue weighted by Crippen LogP contribution is -2.42. The van der Waals surface area contributed by atoms with Gasteiger partial charge < -0.3 is 10.2 Å². The molecule has 4 heteroatoms. The predicted octanol–water partition coefficient (Wildman–Crippen LogP) is 2.14. The summed E-state index contributed by atoms with van der Waals surface area (Å²) in [4.78, 5) is 18.4. The maximum atomic E-state index is 12.3. The smallest absolute Gasteiger partial charge is 0.254 e. The number of aromatic nitrogens is 1. The predicted molar refractivity (Wildman–Crippen MR) is 68.1 cm³/mol. The summed E-state index contributed by atoms with van der Waals surface area (Å²) in [5.74, 6) is 0.858. The number of nitrogens with zero attached hydrogens (tertiary/aromatic N) is 2. The van der Waals surface area contributed by atoms with E-state index < -0.39 is 0 Å². The second-order valence-electron chi connectivity index (χ2n) is 4.52. The molecule has 2 rings (SSSR count). The maximum Gasteiger partial charge on any atom is 0.254 e. The van der Waals surface area contributed by atoms with Gasteiger partial charge in [0.05, 0.1) is 0 Å². The van der Waals surface area contributed by atoms with Gasteiger partial charge in [-0.15, -0.1) is 0 Å². The Morgan fingerprint density at radius 2 is 2.35 bits per heavy atom. The van der Waals surface area contributed by atoms with Gasteiger partial charge in [-0.2, -0.15) is 0 Å². The molecule has 1 unspecified atom stereocenters. The third kappa shape index (κ3) is 2.57. The highest BCUT2D eigenvalue weighted by Crippen LogP contribution is 2.19. The van der Waals surface area contributed by atoms with E-state index >= 15 is 0 Å². The quantitative estimate of drug-likeness (QED) is 0.851. The topological polar surface area (TPSA) is 45.2 Å². The summed E-state index contributed by atoms with van der Waals surface area (Å²) in [6.07, 6.45) is 5.12. The highest BCUT2D eigenvalue weighted by molar-refractivity contribution is 5.95. The van der Waals surface area contributed by atoms with Crippen molar-refractivity contribution in [3.63, 3.8) is 0 Å². The van der Waals surface area contributed by atoms with Crippen LogP contribution < -0.4 is 5.32 Å². The van der Waals surface area contributed by atoms with Crippen molar-refractivity contribution >= 4 is 11.7 Å². The zero-order chi connectivity index (χ0) is 12.3.